The standard InChI is InChI=1S/C20H25N5O2/c1-16(26)24-11-13-25(14-12-24)18-5-9-22-19(15-18)20(27)23(2)10-6-17-3-7-21-8-4-17/h3-5,7-9,15H,6,10-14H2,1-2H3. The number of piperazine rings is 1. The number of nitrogens with zero attached hydrogens (tertiary/aromatic N) is 5. The molecule has 3 rings (SSSR count). The lowest BCUT2D eigenvalue weighted by molar-refractivity contribution is -0.129. The van der Waals surface area contributed by atoms with Gasteiger partial charge in [-0.05, 0) is 36.2 Å². The molecule has 1 saturated heterocycles. The lowest BCUT2D eigenvalue weighted by Crippen LogP contribution is -2.48. The zero-order valence-corrected chi connectivity index (χ0v) is 15.8. The highest BCUT2D eigenvalue weighted by Crippen LogP contribution is 2.18. The van der Waals surface area contributed by atoms with Crippen LogP contribution in [0.3, 0.4) is 0 Å². The number of likely N-dealkylation sites (N-methyl/N-ethyl adjacent to an activating group) is 1. The Bertz CT molecular complexity index is 788. The second kappa shape index (κ2) is 8.62. The fourth-order valence-electron chi connectivity index (χ4n) is 3.16. The molecular weight excluding hydrogens is 342 g/mol. The molecule has 3 heterocycles. The maximum Gasteiger partial charge on any atom is 0.272 e. The first-order chi connectivity index (χ1) is 13.0. The summed E-state index contributed by atoms with van der Waals surface area (Å²) in [6, 6.07) is 7.67. The summed E-state index contributed by atoms with van der Waals surface area (Å²) < 4.78 is 0. The Morgan fingerprint density at radius 1 is 1.07 bits per heavy atom. The van der Waals surface area contributed by atoms with Crippen LogP contribution in [0.15, 0.2) is 42.9 Å². The molecule has 0 spiro atoms. The predicted octanol–water partition coefficient (Wildman–Crippen LogP) is 1.46. The van der Waals surface area contributed by atoms with E-state index >= 15 is 0 Å². The first-order valence-corrected chi connectivity index (χ1v) is 9.15. The summed E-state index contributed by atoms with van der Waals surface area (Å²) in [6.07, 6.45) is 5.97. The minimum atomic E-state index is -0.0896. The van der Waals surface area contributed by atoms with Crippen molar-refractivity contribution in [2.75, 3.05) is 44.7 Å². The lowest BCUT2D eigenvalue weighted by Gasteiger charge is -2.35. The molecular formula is C20H25N5O2. The topological polar surface area (TPSA) is 69.6 Å². The van der Waals surface area contributed by atoms with Crippen molar-refractivity contribution in [3.8, 4) is 0 Å². The molecule has 2 aromatic rings. The molecule has 0 unspecified atom stereocenters. The molecule has 2 aromatic heterocycles. The van der Waals surface area contributed by atoms with Gasteiger partial charge in [-0.15, -0.1) is 0 Å². The molecule has 0 saturated carbocycles. The number of hydrogen-bond acceptors (Lipinski definition) is 5. The second-order valence-electron chi connectivity index (χ2n) is 6.72. The van der Waals surface area contributed by atoms with Gasteiger partial charge in [-0.3, -0.25) is 19.6 Å². The summed E-state index contributed by atoms with van der Waals surface area (Å²) in [5.41, 5.74) is 2.56. The van der Waals surface area contributed by atoms with Crippen molar-refractivity contribution in [2.45, 2.75) is 13.3 Å². The van der Waals surface area contributed by atoms with E-state index in [-0.39, 0.29) is 11.8 Å². The smallest absolute Gasteiger partial charge is 0.272 e. The van der Waals surface area contributed by atoms with E-state index in [0.717, 1.165) is 30.8 Å². The fourth-order valence-corrected chi connectivity index (χ4v) is 3.16. The number of aromatic nitrogens is 2. The SMILES string of the molecule is CC(=O)N1CCN(c2ccnc(C(=O)N(C)CCc3ccncc3)c2)CC1. The van der Waals surface area contributed by atoms with Crippen molar-refractivity contribution >= 4 is 17.5 Å². The summed E-state index contributed by atoms with van der Waals surface area (Å²) in [7, 11) is 1.80. The Morgan fingerprint density at radius 3 is 2.44 bits per heavy atom. The van der Waals surface area contributed by atoms with E-state index in [9.17, 15) is 9.59 Å². The fraction of sp³-hybridized carbons (Fsp3) is 0.400. The van der Waals surface area contributed by atoms with Gasteiger partial charge in [-0.2, -0.15) is 0 Å². The zero-order valence-electron chi connectivity index (χ0n) is 15.8. The van der Waals surface area contributed by atoms with Crippen LogP contribution in [0.5, 0.6) is 0 Å². The monoisotopic (exact) mass is 367 g/mol. The number of carbonyl (C=O) groups excluding carboxylic acids is 2. The van der Waals surface area contributed by atoms with Crippen LogP contribution in [0.25, 0.3) is 0 Å². The highest BCUT2D eigenvalue weighted by molar-refractivity contribution is 5.93. The highest BCUT2D eigenvalue weighted by Gasteiger charge is 2.20. The van der Waals surface area contributed by atoms with E-state index < -0.39 is 0 Å². The summed E-state index contributed by atoms with van der Waals surface area (Å²) in [4.78, 5) is 38.2. The van der Waals surface area contributed by atoms with Crippen molar-refractivity contribution < 1.29 is 9.59 Å². The van der Waals surface area contributed by atoms with Gasteiger partial charge in [-0.25, -0.2) is 0 Å². The average Bonchev–Trinajstić information content (AvgIpc) is 2.72. The molecule has 0 aromatic carbocycles. The minimum Gasteiger partial charge on any atom is -0.368 e. The van der Waals surface area contributed by atoms with Crippen molar-refractivity contribution in [1.29, 1.82) is 0 Å². The molecule has 7 heteroatoms. The molecule has 142 valence electrons. The molecule has 1 aliphatic heterocycles. The maximum atomic E-state index is 12.7. The summed E-state index contributed by atoms with van der Waals surface area (Å²) >= 11 is 0. The normalized spacial score (nSPS) is 14.1. The predicted molar refractivity (Wildman–Crippen MR) is 104 cm³/mol. The van der Waals surface area contributed by atoms with Crippen LogP contribution in [-0.2, 0) is 11.2 Å². The van der Waals surface area contributed by atoms with Gasteiger partial charge in [0.2, 0.25) is 5.91 Å². The molecule has 0 aliphatic carbocycles. The van der Waals surface area contributed by atoms with Crippen molar-refractivity contribution in [3.63, 3.8) is 0 Å². The van der Waals surface area contributed by atoms with Crippen LogP contribution in [-0.4, -0.2) is 71.4 Å². The number of amides is 2. The van der Waals surface area contributed by atoms with Crippen molar-refractivity contribution in [1.82, 2.24) is 19.8 Å². The maximum absolute atomic E-state index is 12.7. The van der Waals surface area contributed by atoms with Gasteiger partial charge in [-0.1, -0.05) is 0 Å². The van der Waals surface area contributed by atoms with Gasteiger partial charge in [0.1, 0.15) is 5.69 Å². The Morgan fingerprint density at radius 2 is 1.78 bits per heavy atom. The van der Waals surface area contributed by atoms with Gasteiger partial charge >= 0.3 is 0 Å². The van der Waals surface area contributed by atoms with Gasteiger partial charge in [0, 0.05) is 71.0 Å². The molecule has 1 aliphatic rings. The first kappa shape index (κ1) is 18.8. The van der Waals surface area contributed by atoms with Gasteiger partial charge in [0.25, 0.3) is 5.91 Å². The summed E-state index contributed by atoms with van der Waals surface area (Å²) in [6.45, 7) is 5.14. The molecule has 0 N–H and O–H groups in total. The van der Waals surface area contributed by atoms with E-state index in [1.807, 2.05) is 29.2 Å². The second-order valence-corrected chi connectivity index (χ2v) is 6.72. The van der Waals surface area contributed by atoms with Crippen molar-refractivity contribution in [3.05, 3.63) is 54.1 Å². The summed E-state index contributed by atoms with van der Waals surface area (Å²) in [5.74, 6) is 0.0179. The minimum absolute atomic E-state index is 0.0896. The van der Waals surface area contributed by atoms with E-state index in [4.69, 9.17) is 0 Å². The van der Waals surface area contributed by atoms with E-state index in [0.29, 0.717) is 25.3 Å². The number of hydrogen-bond donors (Lipinski definition) is 0. The zero-order chi connectivity index (χ0) is 19.2. The molecule has 7 nitrogen and oxygen atoms in total. The van der Waals surface area contributed by atoms with E-state index in [2.05, 4.69) is 14.9 Å². The third-order valence-electron chi connectivity index (χ3n) is 4.88. The van der Waals surface area contributed by atoms with E-state index in [1.165, 1.54) is 0 Å². The highest BCUT2D eigenvalue weighted by atomic mass is 16.2. The van der Waals surface area contributed by atoms with Crippen LogP contribution >= 0.6 is 0 Å². The van der Waals surface area contributed by atoms with Crippen LogP contribution in [0.2, 0.25) is 0 Å². The average molecular weight is 367 g/mol. The number of carbonyl (C=O) groups is 2. The third-order valence-corrected chi connectivity index (χ3v) is 4.88. The number of pyridine rings is 2. The van der Waals surface area contributed by atoms with Gasteiger partial charge in [0.05, 0.1) is 0 Å². The first-order valence-electron chi connectivity index (χ1n) is 9.15. The largest absolute Gasteiger partial charge is 0.368 e. The number of rotatable bonds is 5. The quantitative estimate of drug-likeness (QED) is 0.800. The third kappa shape index (κ3) is 4.81. The Kier molecular flexibility index (Phi) is 6.01. The lowest BCUT2D eigenvalue weighted by atomic mass is 10.2. The van der Waals surface area contributed by atoms with Gasteiger partial charge < -0.3 is 14.7 Å². The molecule has 0 radical (unpaired) electrons. The van der Waals surface area contributed by atoms with Crippen LogP contribution in [0.4, 0.5) is 5.69 Å². The molecule has 1 fully saturated rings. The summed E-state index contributed by atoms with van der Waals surface area (Å²) in [5, 5.41) is 0. The Labute approximate surface area is 159 Å². The van der Waals surface area contributed by atoms with Crippen LogP contribution in [0.1, 0.15) is 23.0 Å². The van der Waals surface area contributed by atoms with Crippen LogP contribution < -0.4 is 4.90 Å². The molecule has 0 bridgehead atoms. The Hall–Kier alpha value is -2.96. The molecule has 2 amide bonds. The van der Waals surface area contributed by atoms with E-state index in [1.54, 1.807) is 37.5 Å². The van der Waals surface area contributed by atoms with Gasteiger partial charge in [0.15, 0.2) is 0 Å². The Balaban J connectivity index is 1.61. The van der Waals surface area contributed by atoms with Crippen molar-refractivity contribution in [2.24, 2.45) is 0 Å². The van der Waals surface area contributed by atoms with Crippen LogP contribution in [0, 0.1) is 0 Å². The number of anilines is 1. The molecule has 27 heavy (non-hydrogen) atoms. The molecule has 0 atom stereocenters.